The summed E-state index contributed by atoms with van der Waals surface area (Å²) < 4.78 is 31.2. The van der Waals surface area contributed by atoms with E-state index in [-0.39, 0.29) is 23.9 Å². The fourth-order valence-electron chi connectivity index (χ4n) is 1.77. The number of nitrogens with one attached hydrogen (secondary N) is 2. The number of carbonyl (C=O) groups excluding carboxylic acids is 1. The van der Waals surface area contributed by atoms with E-state index in [4.69, 9.17) is 10.5 Å². The first kappa shape index (κ1) is 18.6. The van der Waals surface area contributed by atoms with Crippen molar-refractivity contribution in [1.82, 2.24) is 4.72 Å². The van der Waals surface area contributed by atoms with E-state index in [2.05, 4.69) is 10.0 Å². The van der Waals surface area contributed by atoms with Crippen molar-refractivity contribution in [2.24, 2.45) is 5.73 Å². The Kier molecular flexibility index (Phi) is 8.03. The Morgan fingerprint density at radius 1 is 1.32 bits per heavy atom. The fourth-order valence-corrected chi connectivity index (χ4v) is 2.87. The minimum Gasteiger partial charge on any atom is -0.385 e. The van der Waals surface area contributed by atoms with Gasteiger partial charge in [0.25, 0.3) is 0 Å². The lowest BCUT2D eigenvalue weighted by atomic mass is 10.2. The van der Waals surface area contributed by atoms with Gasteiger partial charge in [-0.2, -0.15) is 0 Å². The van der Waals surface area contributed by atoms with Gasteiger partial charge in [-0.25, -0.2) is 13.1 Å². The second kappa shape index (κ2) is 9.52. The molecule has 124 valence electrons. The smallest absolute Gasteiger partial charge is 0.240 e. The van der Waals surface area contributed by atoms with Crippen LogP contribution in [-0.2, 0) is 19.6 Å². The average molecular weight is 329 g/mol. The maximum atomic E-state index is 12.0. The zero-order valence-electron chi connectivity index (χ0n) is 12.7. The van der Waals surface area contributed by atoms with E-state index < -0.39 is 10.0 Å². The van der Waals surface area contributed by atoms with Crippen LogP contribution in [0.3, 0.4) is 0 Å². The van der Waals surface area contributed by atoms with Crippen molar-refractivity contribution < 1.29 is 17.9 Å². The molecule has 0 radical (unpaired) electrons. The molecular formula is C14H23N3O4S. The number of rotatable bonds is 10. The summed E-state index contributed by atoms with van der Waals surface area (Å²) in [6, 6.07) is 6.12. The van der Waals surface area contributed by atoms with Crippen LogP contribution >= 0.6 is 0 Å². The molecule has 0 saturated carbocycles. The predicted molar refractivity (Wildman–Crippen MR) is 85.0 cm³/mol. The minimum atomic E-state index is -3.60. The summed E-state index contributed by atoms with van der Waals surface area (Å²) in [7, 11) is -1.99. The summed E-state index contributed by atoms with van der Waals surface area (Å²) in [6.07, 6.45) is 1.89. The van der Waals surface area contributed by atoms with E-state index in [1.54, 1.807) is 19.2 Å². The van der Waals surface area contributed by atoms with Gasteiger partial charge in [0.2, 0.25) is 15.9 Å². The molecule has 7 nitrogen and oxygen atoms in total. The summed E-state index contributed by atoms with van der Waals surface area (Å²) >= 11 is 0. The molecule has 0 aromatic heterocycles. The normalized spacial score (nSPS) is 11.4. The molecule has 22 heavy (non-hydrogen) atoms. The van der Waals surface area contributed by atoms with Crippen molar-refractivity contribution in [3.63, 3.8) is 0 Å². The molecule has 0 atom stereocenters. The van der Waals surface area contributed by atoms with Gasteiger partial charge in [0, 0.05) is 38.9 Å². The van der Waals surface area contributed by atoms with Crippen molar-refractivity contribution in [2.45, 2.75) is 24.2 Å². The zero-order valence-corrected chi connectivity index (χ0v) is 13.5. The van der Waals surface area contributed by atoms with Gasteiger partial charge in [0.15, 0.2) is 0 Å². The lowest BCUT2D eigenvalue weighted by molar-refractivity contribution is -0.116. The van der Waals surface area contributed by atoms with Crippen molar-refractivity contribution in [1.29, 1.82) is 0 Å². The Labute approximate surface area is 131 Å². The minimum absolute atomic E-state index is 0.0955. The van der Waals surface area contributed by atoms with E-state index in [0.29, 0.717) is 18.7 Å². The van der Waals surface area contributed by atoms with Gasteiger partial charge < -0.3 is 15.8 Å². The second-order valence-corrected chi connectivity index (χ2v) is 6.48. The van der Waals surface area contributed by atoms with Crippen LogP contribution in [0.4, 0.5) is 5.69 Å². The van der Waals surface area contributed by atoms with Crippen molar-refractivity contribution in [3.8, 4) is 0 Å². The molecule has 1 aromatic carbocycles. The lowest BCUT2D eigenvalue weighted by Gasteiger charge is -2.09. The SMILES string of the molecule is COCCCCC(=O)Nc1cccc(S(=O)(=O)NCCN)c1. The molecule has 1 aromatic rings. The average Bonchev–Trinajstić information content (AvgIpc) is 2.50. The highest BCUT2D eigenvalue weighted by molar-refractivity contribution is 7.89. The fraction of sp³-hybridized carbons (Fsp3) is 0.500. The Bertz CT molecular complexity index is 575. The number of benzene rings is 1. The number of methoxy groups -OCH3 is 1. The first-order chi connectivity index (χ1) is 10.5. The first-order valence-electron chi connectivity index (χ1n) is 7.08. The third-order valence-corrected chi connectivity index (χ3v) is 4.33. The van der Waals surface area contributed by atoms with E-state index in [9.17, 15) is 13.2 Å². The molecule has 0 fully saturated rings. The summed E-state index contributed by atoms with van der Waals surface area (Å²) in [5.74, 6) is -0.152. The third-order valence-electron chi connectivity index (χ3n) is 2.87. The number of sulfonamides is 1. The van der Waals surface area contributed by atoms with Gasteiger partial charge in [0.05, 0.1) is 4.90 Å². The molecule has 0 aliphatic carbocycles. The topological polar surface area (TPSA) is 111 Å². The van der Waals surface area contributed by atoms with Crippen molar-refractivity contribution >= 4 is 21.6 Å². The standard InChI is InChI=1S/C14H23N3O4S/c1-21-10-3-2-7-14(18)17-12-5-4-6-13(11-12)22(19,20)16-9-8-15/h4-6,11,16H,2-3,7-10,15H2,1H3,(H,17,18). The molecule has 0 heterocycles. The molecule has 0 saturated heterocycles. The monoisotopic (exact) mass is 329 g/mol. The molecule has 0 aliphatic heterocycles. The summed E-state index contributed by atoms with van der Waals surface area (Å²) in [4.78, 5) is 11.9. The largest absolute Gasteiger partial charge is 0.385 e. The van der Waals surface area contributed by atoms with E-state index >= 15 is 0 Å². The highest BCUT2D eigenvalue weighted by atomic mass is 32.2. The number of amides is 1. The van der Waals surface area contributed by atoms with Crippen LogP contribution in [0, 0.1) is 0 Å². The molecule has 8 heteroatoms. The van der Waals surface area contributed by atoms with Gasteiger partial charge in [0.1, 0.15) is 0 Å². The number of carbonyl (C=O) groups is 1. The van der Waals surface area contributed by atoms with Crippen LogP contribution in [0.25, 0.3) is 0 Å². The van der Waals surface area contributed by atoms with Crippen LogP contribution in [-0.4, -0.2) is 41.1 Å². The van der Waals surface area contributed by atoms with Crippen LogP contribution in [0.1, 0.15) is 19.3 Å². The molecular weight excluding hydrogens is 306 g/mol. The van der Waals surface area contributed by atoms with Gasteiger partial charge in [-0.1, -0.05) is 6.07 Å². The molecule has 0 unspecified atom stereocenters. The molecule has 0 spiro atoms. The number of nitrogens with two attached hydrogens (primary N) is 1. The Morgan fingerprint density at radius 3 is 2.77 bits per heavy atom. The molecule has 0 bridgehead atoms. The summed E-state index contributed by atoms with van der Waals surface area (Å²) in [5, 5.41) is 2.69. The van der Waals surface area contributed by atoms with Crippen LogP contribution < -0.4 is 15.8 Å². The van der Waals surface area contributed by atoms with Crippen LogP contribution in [0.2, 0.25) is 0 Å². The Morgan fingerprint density at radius 2 is 2.09 bits per heavy atom. The number of hydrogen-bond donors (Lipinski definition) is 3. The van der Waals surface area contributed by atoms with Gasteiger partial charge in [-0.3, -0.25) is 4.79 Å². The number of unbranched alkanes of at least 4 members (excludes halogenated alkanes) is 1. The zero-order chi connectivity index (χ0) is 16.4. The van der Waals surface area contributed by atoms with Crippen LogP contribution in [0.15, 0.2) is 29.2 Å². The Balaban J connectivity index is 2.62. The first-order valence-corrected chi connectivity index (χ1v) is 8.56. The number of hydrogen-bond acceptors (Lipinski definition) is 5. The second-order valence-electron chi connectivity index (χ2n) is 4.71. The quantitative estimate of drug-likeness (QED) is 0.547. The maximum absolute atomic E-state index is 12.0. The van der Waals surface area contributed by atoms with E-state index in [1.165, 1.54) is 12.1 Å². The van der Waals surface area contributed by atoms with E-state index in [0.717, 1.165) is 12.8 Å². The number of anilines is 1. The van der Waals surface area contributed by atoms with Crippen LogP contribution in [0.5, 0.6) is 0 Å². The molecule has 0 aliphatic rings. The molecule has 1 rings (SSSR count). The van der Waals surface area contributed by atoms with Crippen molar-refractivity contribution in [3.05, 3.63) is 24.3 Å². The van der Waals surface area contributed by atoms with Gasteiger partial charge in [-0.05, 0) is 31.0 Å². The van der Waals surface area contributed by atoms with Gasteiger partial charge in [-0.15, -0.1) is 0 Å². The van der Waals surface area contributed by atoms with E-state index in [1.807, 2.05) is 0 Å². The Hall–Kier alpha value is -1.48. The predicted octanol–water partition coefficient (Wildman–Crippen LogP) is 0.679. The molecule has 1 amide bonds. The number of ether oxygens (including phenoxy) is 1. The highest BCUT2D eigenvalue weighted by Gasteiger charge is 2.13. The molecule has 4 N–H and O–H groups in total. The summed E-state index contributed by atoms with van der Waals surface area (Å²) in [6.45, 7) is 1.00. The maximum Gasteiger partial charge on any atom is 0.240 e. The third kappa shape index (κ3) is 6.52. The van der Waals surface area contributed by atoms with Crippen molar-refractivity contribution in [2.75, 3.05) is 32.1 Å². The highest BCUT2D eigenvalue weighted by Crippen LogP contribution is 2.15. The lowest BCUT2D eigenvalue weighted by Crippen LogP contribution is -2.29. The summed E-state index contributed by atoms with van der Waals surface area (Å²) in [5.41, 5.74) is 5.74. The van der Waals surface area contributed by atoms with Gasteiger partial charge >= 0.3 is 0 Å².